The van der Waals surface area contributed by atoms with Crippen LogP contribution < -0.4 is 4.90 Å². The van der Waals surface area contributed by atoms with Crippen LogP contribution in [0.2, 0.25) is 0 Å². The van der Waals surface area contributed by atoms with Crippen LogP contribution in [0.3, 0.4) is 0 Å². The van der Waals surface area contributed by atoms with Gasteiger partial charge in [0.1, 0.15) is 6.33 Å². The lowest BCUT2D eigenvalue weighted by molar-refractivity contribution is 0.222. The molecule has 0 aromatic carbocycles. The van der Waals surface area contributed by atoms with Crippen molar-refractivity contribution in [2.75, 3.05) is 31.1 Å². The standard InChI is InChI=1S/C12H19N7O/c1-9(2)11-16-15-10(20-11)7-18-3-5-19(6-4-18)12-13-8-14-17-12/h8-9H,3-7H2,1-2H3,(H,13,14,17). The summed E-state index contributed by atoms with van der Waals surface area (Å²) in [6, 6.07) is 0. The smallest absolute Gasteiger partial charge is 0.230 e. The largest absolute Gasteiger partial charge is 0.424 e. The Balaban J connectivity index is 1.53. The Morgan fingerprint density at radius 2 is 2.05 bits per heavy atom. The number of nitrogens with one attached hydrogen (secondary N) is 1. The summed E-state index contributed by atoms with van der Waals surface area (Å²) >= 11 is 0. The minimum atomic E-state index is 0.277. The maximum atomic E-state index is 5.64. The second-order valence-corrected chi connectivity index (χ2v) is 5.26. The zero-order chi connectivity index (χ0) is 13.9. The van der Waals surface area contributed by atoms with E-state index < -0.39 is 0 Å². The molecule has 0 atom stereocenters. The van der Waals surface area contributed by atoms with E-state index in [1.165, 1.54) is 6.33 Å². The van der Waals surface area contributed by atoms with E-state index in [1.54, 1.807) is 0 Å². The van der Waals surface area contributed by atoms with Crippen LogP contribution >= 0.6 is 0 Å². The highest BCUT2D eigenvalue weighted by molar-refractivity contribution is 5.27. The summed E-state index contributed by atoms with van der Waals surface area (Å²) in [5.74, 6) is 2.52. The van der Waals surface area contributed by atoms with E-state index in [9.17, 15) is 0 Å². The van der Waals surface area contributed by atoms with Crippen molar-refractivity contribution >= 4 is 5.95 Å². The predicted octanol–water partition coefficient (Wildman–Crippen LogP) is 0.633. The van der Waals surface area contributed by atoms with Crippen LogP contribution in [-0.2, 0) is 6.54 Å². The lowest BCUT2D eigenvalue weighted by atomic mass is 10.2. The molecule has 2 aromatic heterocycles. The van der Waals surface area contributed by atoms with Gasteiger partial charge in [-0.15, -0.1) is 10.2 Å². The van der Waals surface area contributed by atoms with Crippen molar-refractivity contribution in [1.82, 2.24) is 30.3 Å². The molecule has 1 saturated heterocycles. The van der Waals surface area contributed by atoms with Crippen LogP contribution in [0.1, 0.15) is 31.5 Å². The maximum Gasteiger partial charge on any atom is 0.230 e. The zero-order valence-electron chi connectivity index (χ0n) is 11.8. The summed E-state index contributed by atoms with van der Waals surface area (Å²) in [6.45, 7) is 8.53. The molecular weight excluding hydrogens is 258 g/mol. The molecule has 0 spiro atoms. The molecule has 0 bridgehead atoms. The summed E-state index contributed by atoms with van der Waals surface area (Å²) < 4.78 is 5.64. The number of aromatic amines is 1. The van der Waals surface area contributed by atoms with Gasteiger partial charge in [0, 0.05) is 32.1 Å². The minimum Gasteiger partial charge on any atom is -0.424 e. The monoisotopic (exact) mass is 277 g/mol. The normalized spacial score (nSPS) is 17.1. The third kappa shape index (κ3) is 2.79. The molecule has 1 aliphatic rings. The van der Waals surface area contributed by atoms with Crippen molar-refractivity contribution < 1.29 is 4.42 Å². The van der Waals surface area contributed by atoms with Gasteiger partial charge in [-0.25, -0.2) is 5.10 Å². The average molecular weight is 277 g/mol. The number of hydrogen-bond donors (Lipinski definition) is 1. The molecule has 0 radical (unpaired) electrons. The molecule has 3 rings (SSSR count). The van der Waals surface area contributed by atoms with Crippen molar-refractivity contribution in [3.63, 3.8) is 0 Å². The summed E-state index contributed by atoms with van der Waals surface area (Å²) in [6.07, 6.45) is 1.54. The SMILES string of the molecule is CC(C)c1nnc(CN2CCN(c3ncn[nH]3)CC2)o1. The highest BCUT2D eigenvalue weighted by atomic mass is 16.4. The summed E-state index contributed by atoms with van der Waals surface area (Å²) in [7, 11) is 0. The molecule has 0 unspecified atom stereocenters. The second-order valence-electron chi connectivity index (χ2n) is 5.26. The first-order chi connectivity index (χ1) is 9.72. The lowest BCUT2D eigenvalue weighted by Gasteiger charge is -2.33. The molecule has 0 aliphatic carbocycles. The first-order valence-electron chi connectivity index (χ1n) is 6.87. The van der Waals surface area contributed by atoms with Crippen molar-refractivity contribution in [3.8, 4) is 0 Å². The van der Waals surface area contributed by atoms with Gasteiger partial charge >= 0.3 is 0 Å². The molecule has 8 heteroatoms. The van der Waals surface area contributed by atoms with Crippen LogP contribution in [0.25, 0.3) is 0 Å². The summed E-state index contributed by atoms with van der Waals surface area (Å²) in [5, 5.41) is 14.9. The van der Waals surface area contributed by atoms with Crippen LogP contribution in [0.15, 0.2) is 10.7 Å². The second kappa shape index (κ2) is 5.58. The predicted molar refractivity (Wildman–Crippen MR) is 72.3 cm³/mol. The average Bonchev–Trinajstić information content (AvgIpc) is 3.10. The third-order valence-corrected chi connectivity index (χ3v) is 3.41. The van der Waals surface area contributed by atoms with Gasteiger partial charge in [0.25, 0.3) is 0 Å². The number of hydrogen-bond acceptors (Lipinski definition) is 7. The fourth-order valence-electron chi connectivity index (χ4n) is 2.22. The van der Waals surface area contributed by atoms with Crippen LogP contribution in [-0.4, -0.2) is 56.5 Å². The topological polar surface area (TPSA) is 87.0 Å². The fraction of sp³-hybridized carbons (Fsp3) is 0.667. The summed E-state index contributed by atoms with van der Waals surface area (Å²) in [4.78, 5) is 8.67. The van der Waals surface area contributed by atoms with E-state index in [0.717, 1.165) is 32.1 Å². The number of anilines is 1. The van der Waals surface area contributed by atoms with Gasteiger partial charge in [0.2, 0.25) is 17.7 Å². The number of rotatable bonds is 4. The quantitative estimate of drug-likeness (QED) is 0.877. The minimum absolute atomic E-state index is 0.277. The van der Waals surface area contributed by atoms with E-state index in [1.807, 2.05) is 13.8 Å². The molecule has 1 fully saturated rings. The van der Waals surface area contributed by atoms with E-state index in [2.05, 4.69) is 35.2 Å². The van der Waals surface area contributed by atoms with Crippen molar-refractivity contribution in [1.29, 1.82) is 0 Å². The number of aromatic nitrogens is 5. The Morgan fingerprint density at radius 3 is 2.65 bits per heavy atom. The van der Waals surface area contributed by atoms with E-state index in [-0.39, 0.29) is 5.92 Å². The van der Waals surface area contributed by atoms with Gasteiger partial charge in [0.15, 0.2) is 0 Å². The Bertz CT molecular complexity index is 528. The van der Waals surface area contributed by atoms with Crippen LogP contribution in [0, 0.1) is 0 Å². The number of nitrogens with zero attached hydrogens (tertiary/aromatic N) is 6. The van der Waals surface area contributed by atoms with Gasteiger partial charge < -0.3 is 9.32 Å². The highest BCUT2D eigenvalue weighted by Crippen LogP contribution is 2.15. The van der Waals surface area contributed by atoms with Gasteiger partial charge in [-0.2, -0.15) is 10.1 Å². The molecule has 3 heterocycles. The molecule has 8 nitrogen and oxygen atoms in total. The fourth-order valence-corrected chi connectivity index (χ4v) is 2.22. The molecule has 2 aromatic rings. The maximum absolute atomic E-state index is 5.64. The zero-order valence-corrected chi connectivity index (χ0v) is 11.8. The van der Waals surface area contributed by atoms with Gasteiger partial charge in [-0.1, -0.05) is 13.8 Å². The number of piperazine rings is 1. The van der Waals surface area contributed by atoms with E-state index in [4.69, 9.17) is 4.42 Å². The highest BCUT2D eigenvalue weighted by Gasteiger charge is 2.20. The molecule has 20 heavy (non-hydrogen) atoms. The Morgan fingerprint density at radius 1 is 1.25 bits per heavy atom. The van der Waals surface area contributed by atoms with Crippen molar-refractivity contribution in [2.45, 2.75) is 26.3 Å². The van der Waals surface area contributed by atoms with Crippen molar-refractivity contribution in [3.05, 3.63) is 18.1 Å². The van der Waals surface area contributed by atoms with Gasteiger partial charge in [-0.3, -0.25) is 4.90 Å². The first kappa shape index (κ1) is 13.0. The molecule has 0 saturated carbocycles. The summed E-state index contributed by atoms with van der Waals surface area (Å²) in [5.41, 5.74) is 0. The van der Waals surface area contributed by atoms with Gasteiger partial charge in [0.05, 0.1) is 6.54 Å². The third-order valence-electron chi connectivity index (χ3n) is 3.41. The Hall–Kier alpha value is -1.96. The van der Waals surface area contributed by atoms with Crippen LogP contribution in [0.5, 0.6) is 0 Å². The van der Waals surface area contributed by atoms with E-state index in [0.29, 0.717) is 18.3 Å². The van der Waals surface area contributed by atoms with E-state index >= 15 is 0 Å². The molecule has 0 amide bonds. The van der Waals surface area contributed by atoms with Crippen molar-refractivity contribution in [2.24, 2.45) is 0 Å². The Kier molecular flexibility index (Phi) is 3.64. The molecule has 1 aliphatic heterocycles. The molecular formula is C12H19N7O. The van der Waals surface area contributed by atoms with Gasteiger partial charge in [-0.05, 0) is 0 Å². The first-order valence-corrected chi connectivity index (χ1v) is 6.87. The number of H-pyrrole nitrogens is 1. The Labute approximate surface area is 117 Å². The van der Waals surface area contributed by atoms with Crippen LogP contribution in [0.4, 0.5) is 5.95 Å². The molecule has 1 N–H and O–H groups in total. The molecule has 108 valence electrons. The lowest BCUT2D eigenvalue weighted by Crippen LogP contribution is -2.46.